The smallest absolute Gasteiger partial charge is 0.405 e. The number of nitrogens with two attached hydrogens (primary N) is 1. The van der Waals surface area contributed by atoms with E-state index in [1.807, 2.05) is 30.3 Å². The van der Waals surface area contributed by atoms with Crippen LogP contribution in [0.15, 0.2) is 54.6 Å². The van der Waals surface area contributed by atoms with Crippen LogP contribution >= 0.6 is 0 Å². The fourth-order valence-corrected chi connectivity index (χ4v) is 2.30. The fourth-order valence-electron chi connectivity index (χ4n) is 2.30. The molecule has 1 atom stereocenters. The lowest BCUT2D eigenvalue weighted by atomic mass is 10.1. The van der Waals surface area contributed by atoms with E-state index < -0.39 is 12.2 Å². The molecule has 6 heteroatoms. The van der Waals surface area contributed by atoms with E-state index in [0.717, 1.165) is 5.56 Å². The van der Waals surface area contributed by atoms with E-state index in [1.165, 1.54) is 4.90 Å². The zero-order chi connectivity index (χ0) is 17.5. The number of anilines is 1. The predicted octanol–water partition coefficient (Wildman–Crippen LogP) is 2.36. The second-order valence-corrected chi connectivity index (χ2v) is 5.21. The van der Waals surface area contributed by atoms with Crippen molar-refractivity contribution in [2.45, 2.75) is 12.5 Å². The molecule has 0 saturated heterocycles. The van der Waals surface area contributed by atoms with Gasteiger partial charge in [0.1, 0.15) is 5.75 Å². The van der Waals surface area contributed by atoms with Crippen LogP contribution in [0.1, 0.15) is 5.56 Å². The lowest BCUT2D eigenvalue weighted by molar-refractivity contribution is -0.126. The molecule has 24 heavy (non-hydrogen) atoms. The molecule has 2 amide bonds. The summed E-state index contributed by atoms with van der Waals surface area (Å²) in [5.74, 6) is 0.330. The van der Waals surface area contributed by atoms with Gasteiger partial charge in [0.15, 0.2) is 6.10 Å². The van der Waals surface area contributed by atoms with Crippen molar-refractivity contribution in [2.75, 3.05) is 19.1 Å². The fraction of sp³-hybridized carbons (Fsp3) is 0.222. The Morgan fingerprint density at radius 2 is 1.71 bits per heavy atom. The zero-order valence-corrected chi connectivity index (χ0v) is 13.6. The van der Waals surface area contributed by atoms with Crippen molar-refractivity contribution >= 4 is 17.7 Å². The van der Waals surface area contributed by atoms with Crippen LogP contribution in [0.2, 0.25) is 0 Å². The molecular weight excluding hydrogens is 308 g/mol. The van der Waals surface area contributed by atoms with Crippen molar-refractivity contribution in [3.05, 3.63) is 60.2 Å². The Hall–Kier alpha value is -3.02. The summed E-state index contributed by atoms with van der Waals surface area (Å²) in [5, 5.41) is 0. The topological polar surface area (TPSA) is 81.9 Å². The van der Waals surface area contributed by atoms with Crippen LogP contribution in [0.25, 0.3) is 0 Å². The maximum absolute atomic E-state index is 12.7. The van der Waals surface area contributed by atoms with Gasteiger partial charge in [-0.1, -0.05) is 30.3 Å². The van der Waals surface area contributed by atoms with Crippen molar-refractivity contribution in [3.63, 3.8) is 0 Å². The number of nitrogens with zero attached hydrogens (tertiary/aromatic N) is 1. The van der Waals surface area contributed by atoms with E-state index in [-0.39, 0.29) is 12.3 Å². The number of benzene rings is 2. The van der Waals surface area contributed by atoms with Crippen molar-refractivity contribution in [1.29, 1.82) is 0 Å². The van der Waals surface area contributed by atoms with Gasteiger partial charge >= 0.3 is 6.09 Å². The van der Waals surface area contributed by atoms with E-state index in [4.69, 9.17) is 15.2 Å². The Kier molecular flexibility index (Phi) is 5.78. The monoisotopic (exact) mass is 328 g/mol. The zero-order valence-electron chi connectivity index (χ0n) is 13.6. The Balaban J connectivity index is 2.17. The second kappa shape index (κ2) is 8.01. The molecule has 0 heterocycles. The molecule has 0 spiro atoms. The maximum Gasteiger partial charge on any atom is 0.405 e. The van der Waals surface area contributed by atoms with Crippen molar-refractivity contribution in [3.8, 4) is 5.75 Å². The minimum absolute atomic E-state index is 0.253. The number of rotatable bonds is 6. The van der Waals surface area contributed by atoms with Gasteiger partial charge in [-0.15, -0.1) is 0 Å². The number of carbonyl (C=O) groups excluding carboxylic acids is 2. The summed E-state index contributed by atoms with van der Waals surface area (Å²) < 4.78 is 10.1. The highest BCUT2D eigenvalue weighted by atomic mass is 16.6. The molecule has 2 aromatic rings. The molecule has 0 fully saturated rings. The van der Waals surface area contributed by atoms with Gasteiger partial charge in [-0.3, -0.25) is 4.79 Å². The van der Waals surface area contributed by atoms with Crippen LogP contribution in [-0.2, 0) is 16.0 Å². The van der Waals surface area contributed by atoms with Gasteiger partial charge in [-0.05, 0) is 29.8 Å². The summed E-state index contributed by atoms with van der Waals surface area (Å²) in [5.41, 5.74) is 6.65. The maximum atomic E-state index is 12.7. The Morgan fingerprint density at radius 1 is 1.08 bits per heavy atom. The lowest BCUT2D eigenvalue weighted by Gasteiger charge is -2.23. The first-order valence-electron chi connectivity index (χ1n) is 7.43. The van der Waals surface area contributed by atoms with Crippen LogP contribution in [0.4, 0.5) is 10.5 Å². The lowest BCUT2D eigenvalue weighted by Crippen LogP contribution is -2.41. The molecule has 0 unspecified atom stereocenters. The highest BCUT2D eigenvalue weighted by Crippen LogP contribution is 2.20. The van der Waals surface area contributed by atoms with E-state index in [1.54, 1.807) is 38.4 Å². The first kappa shape index (κ1) is 17.3. The van der Waals surface area contributed by atoms with Gasteiger partial charge in [0.2, 0.25) is 0 Å². The van der Waals surface area contributed by atoms with E-state index >= 15 is 0 Å². The molecule has 126 valence electrons. The molecular formula is C18H20N2O4. The largest absolute Gasteiger partial charge is 0.497 e. The van der Waals surface area contributed by atoms with Gasteiger partial charge < -0.3 is 20.1 Å². The molecule has 0 aliphatic carbocycles. The van der Waals surface area contributed by atoms with E-state index in [9.17, 15) is 9.59 Å². The Morgan fingerprint density at radius 3 is 2.25 bits per heavy atom. The first-order valence-corrected chi connectivity index (χ1v) is 7.43. The molecule has 2 N–H and O–H groups in total. The number of carbonyl (C=O) groups is 2. The van der Waals surface area contributed by atoms with Crippen LogP contribution in [-0.4, -0.2) is 32.3 Å². The van der Waals surface area contributed by atoms with Crippen LogP contribution in [0.5, 0.6) is 5.75 Å². The molecule has 0 radical (unpaired) electrons. The molecule has 2 rings (SSSR count). The van der Waals surface area contributed by atoms with Gasteiger partial charge in [0.25, 0.3) is 5.91 Å². The van der Waals surface area contributed by atoms with Gasteiger partial charge in [0.05, 0.1) is 7.11 Å². The number of hydrogen-bond acceptors (Lipinski definition) is 4. The number of hydrogen-bond donors (Lipinski definition) is 1. The number of ether oxygens (including phenoxy) is 2. The van der Waals surface area contributed by atoms with Crippen LogP contribution < -0.4 is 15.4 Å². The van der Waals surface area contributed by atoms with Gasteiger partial charge in [-0.2, -0.15) is 0 Å². The average Bonchev–Trinajstić information content (AvgIpc) is 2.60. The van der Waals surface area contributed by atoms with Crippen LogP contribution in [0.3, 0.4) is 0 Å². The van der Waals surface area contributed by atoms with Crippen molar-refractivity contribution in [2.24, 2.45) is 5.73 Å². The third-order valence-corrected chi connectivity index (χ3v) is 3.59. The third kappa shape index (κ3) is 4.49. The number of primary amides is 1. The molecule has 0 aliphatic rings. The van der Waals surface area contributed by atoms with Gasteiger partial charge in [0, 0.05) is 19.2 Å². The minimum atomic E-state index is -0.989. The molecule has 0 bridgehead atoms. The summed E-state index contributed by atoms with van der Waals surface area (Å²) in [6.07, 6.45) is -1.72. The quantitative estimate of drug-likeness (QED) is 0.882. The normalized spacial score (nSPS) is 11.4. The van der Waals surface area contributed by atoms with Crippen molar-refractivity contribution < 1.29 is 19.1 Å². The third-order valence-electron chi connectivity index (χ3n) is 3.59. The number of methoxy groups -OCH3 is 1. The summed E-state index contributed by atoms with van der Waals surface area (Å²) in [6.45, 7) is 0. The minimum Gasteiger partial charge on any atom is -0.497 e. The standard InChI is InChI=1S/C18H20N2O4/c1-20(14-8-10-15(23-2)11-9-14)17(21)16(24-18(19)22)12-13-6-4-3-5-7-13/h3-11,16H,12H2,1-2H3,(H2,19,22)/t16-/m0/s1. The summed E-state index contributed by atoms with van der Waals surface area (Å²) in [7, 11) is 3.19. The van der Waals surface area contributed by atoms with Gasteiger partial charge in [-0.25, -0.2) is 4.79 Å². The molecule has 0 aliphatic heterocycles. The highest BCUT2D eigenvalue weighted by molar-refractivity contribution is 5.97. The molecule has 6 nitrogen and oxygen atoms in total. The van der Waals surface area contributed by atoms with E-state index in [2.05, 4.69) is 0 Å². The average molecular weight is 328 g/mol. The molecule has 2 aromatic carbocycles. The number of amides is 2. The van der Waals surface area contributed by atoms with Crippen LogP contribution in [0, 0.1) is 0 Å². The first-order chi connectivity index (χ1) is 11.5. The Labute approximate surface area is 140 Å². The van der Waals surface area contributed by atoms with E-state index in [0.29, 0.717) is 11.4 Å². The molecule has 0 aromatic heterocycles. The van der Waals surface area contributed by atoms with Crippen molar-refractivity contribution in [1.82, 2.24) is 0 Å². The summed E-state index contributed by atoms with van der Waals surface area (Å²) in [4.78, 5) is 25.3. The number of likely N-dealkylation sites (N-methyl/N-ethyl adjacent to an activating group) is 1. The summed E-state index contributed by atoms with van der Waals surface area (Å²) in [6, 6.07) is 16.3. The second-order valence-electron chi connectivity index (χ2n) is 5.21. The Bertz CT molecular complexity index is 686. The highest BCUT2D eigenvalue weighted by Gasteiger charge is 2.26. The SMILES string of the molecule is COc1ccc(N(C)C(=O)[C@H](Cc2ccccc2)OC(N)=O)cc1. The predicted molar refractivity (Wildman–Crippen MR) is 91.0 cm³/mol. The summed E-state index contributed by atoms with van der Waals surface area (Å²) >= 11 is 0. The molecule has 0 saturated carbocycles.